The number of fused-ring (bicyclic) bond motifs is 1. The largest absolute Gasteiger partial charge is 0.497 e. The molecule has 2 fully saturated rings. The molecule has 2 heterocycles. The van der Waals surface area contributed by atoms with Gasteiger partial charge in [0, 0.05) is 17.3 Å². The van der Waals surface area contributed by atoms with Gasteiger partial charge in [-0.05, 0) is 28.8 Å². The summed E-state index contributed by atoms with van der Waals surface area (Å²) in [6.45, 7) is 0.329. The van der Waals surface area contributed by atoms with E-state index >= 15 is 0 Å². The first-order valence-electron chi connectivity index (χ1n) is 11.2. The molecule has 0 bridgehead atoms. The van der Waals surface area contributed by atoms with E-state index in [1.165, 1.54) is 5.23 Å². The van der Waals surface area contributed by atoms with Gasteiger partial charge in [0.15, 0.2) is 12.4 Å². The second-order valence-electron chi connectivity index (χ2n) is 8.44. The Hall–Kier alpha value is -3.30. The second-order valence-corrected chi connectivity index (χ2v) is 8.44. The van der Waals surface area contributed by atoms with Crippen molar-refractivity contribution in [3.63, 3.8) is 0 Å². The van der Waals surface area contributed by atoms with Crippen LogP contribution in [-0.2, 0) is 21.0 Å². The van der Waals surface area contributed by atoms with Crippen LogP contribution in [0.4, 0.5) is 0 Å². The maximum atomic E-state index is 12.3. The van der Waals surface area contributed by atoms with Crippen molar-refractivity contribution in [2.75, 3.05) is 7.11 Å². The summed E-state index contributed by atoms with van der Waals surface area (Å²) in [5.41, 5.74) is 2.70. The van der Waals surface area contributed by atoms with Gasteiger partial charge in [-0.15, -0.1) is 0 Å². The maximum Gasteiger partial charge on any atom is 0.265 e. The average Bonchev–Trinajstić information content (AvgIpc) is 3.28. The lowest BCUT2D eigenvalue weighted by Gasteiger charge is -2.38. The molecule has 5 rings (SSSR count). The molecular formula is C26H26N2O6. The van der Waals surface area contributed by atoms with Gasteiger partial charge >= 0.3 is 0 Å². The molecule has 0 unspecified atom stereocenters. The van der Waals surface area contributed by atoms with E-state index in [9.17, 15) is 10.1 Å². The minimum atomic E-state index is -0.991. The lowest BCUT2D eigenvalue weighted by Crippen LogP contribution is -2.50. The lowest BCUT2D eigenvalue weighted by atomic mass is 9.82. The minimum Gasteiger partial charge on any atom is -0.497 e. The molecule has 176 valence electrons. The Balaban J connectivity index is 1.41. The smallest absolute Gasteiger partial charge is 0.265 e. The summed E-state index contributed by atoms with van der Waals surface area (Å²) in [7, 11) is 1.62. The van der Waals surface area contributed by atoms with Crippen LogP contribution in [0.3, 0.4) is 0 Å². The summed E-state index contributed by atoms with van der Waals surface area (Å²) in [6, 6.07) is 25.1. The molecule has 3 aromatic carbocycles. The van der Waals surface area contributed by atoms with Gasteiger partial charge < -0.3 is 9.47 Å². The Kier molecular flexibility index (Phi) is 6.55. The SMILES string of the molecule is COc1ccc(CO[C@H]2C[C@@H](c3ccccc3)[C@@H]3[C@H]([N+](=O)[O-])[C@@H](c4ccccc4)ON3O2)cc1. The summed E-state index contributed by atoms with van der Waals surface area (Å²) in [5, 5.41) is 13.6. The first-order chi connectivity index (χ1) is 16.6. The highest BCUT2D eigenvalue weighted by Gasteiger charge is 2.59. The van der Waals surface area contributed by atoms with Gasteiger partial charge in [-0.1, -0.05) is 78.0 Å². The van der Waals surface area contributed by atoms with Crippen molar-refractivity contribution >= 4 is 0 Å². The van der Waals surface area contributed by atoms with Crippen LogP contribution in [0.2, 0.25) is 0 Å². The van der Waals surface area contributed by atoms with Gasteiger partial charge in [-0.25, -0.2) is 4.84 Å². The van der Waals surface area contributed by atoms with Gasteiger partial charge in [0.1, 0.15) is 11.8 Å². The van der Waals surface area contributed by atoms with Crippen LogP contribution in [-0.4, -0.2) is 35.6 Å². The standard InChI is InChI=1S/C26H26N2O6/c1-31-21-14-12-18(13-15-21)17-32-23-16-22(19-8-4-2-5-9-19)24-25(27(29)30)26(34-28(24)33-23)20-10-6-3-7-11-20/h2-15,22-26H,16-17H2,1H3/t22-,23+,24+,25-,26+/m0/s1. The molecule has 0 radical (unpaired) electrons. The fourth-order valence-electron chi connectivity index (χ4n) is 4.71. The normalized spacial score (nSPS) is 26.7. The van der Waals surface area contributed by atoms with Crippen LogP contribution < -0.4 is 4.74 Å². The molecule has 0 spiro atoms. The zero-order valence-corrected chi connectivity index (χ0v) is 18.7. The fraction of sp³-hybridized carbons (Fsp3) is 0.308. The first kappa shape index (κ1) is 22.5. The van der Waals surface area contributed by atoms with Gasteiger partial charge in [0.2, 0.25) is 0 Å². The van der Waals surface area contributed by atoms with Crippen molar-refractivity contribution in [1.82, 2.24) is 5.23 Å². The maximum absolute atomic E-state index is 12.3. The first-order valence-corrected chi connectivity index (χ1v) is 11.2. The predicted molar refractivity (Wildman–Crippen MR) is 123 cm³/mol. The van der Waals surface area contributed by atoms with Crippen molar-refractivity contribution in [3.8, 4) is 5.75 Å². The van der Waals surface area contributed by atoms with Crippen molar-refractivity contribution < 1.29 is 24.1 Å². The summed E-state index contributed by atoms with van der Waals surface area (Å²) >= 11 is 0. The topological polar surface area (TPSA) is 83.3 Å². The van der Waals surface area contributed by atoms with Gasteiger partial charge in [-0.2, -0.15) is 0 Å². The van der Waals surface area contributed by atoms with Crippen LogP contribution in [0, 0.1) is 10.1 Å². The summed E-state index contributed by atoms with van der Waals surface area (Å²) in [4.78, 5) is 24.1. The molecule has 8 nitrogen and oxygen atoms in total. The zero-order chi connectivity index (χ0) is 23.5. The third-order valence-corrected chi connectivity index (χ3v) is 6.40. The number of nitrogens with zero attached hydrogens (tertiary/aromatic N) is 2. The quantitative estimate of drug-likeness (QED) is 0.373. The predicted octanol–water partition coefficient (Wildman–Crippen LogP) is 4.66. The number of hydroxylamine groups is 2. The Morgan fingerprint density at radius 1 is 0.941 bits per heavy atom. The van der Waals surface area contributed by atoms with E-state index in [4.69, 9.17) is 19.1 Å². The fourth-order valence-corrected chi connectivity index (χ4v) is 4.71. The zero-order valence-electron chi connectivity index (χ0n) is 18.7. The number of ether oxygens (including phenoxy) is 2. The molecule has 0 N–H and O–H groups in total. The van der Waals surface area contributed by atoms with Crippen LogP contribution in [0.15, 0.2) is 84.9 Å². The Labute approximate surface area is 197 Å². The van der Waals surface area contributed by atoms with Crippen molar-refractivity contribution in [1.29, 1.82) is 0 Å². The summed E-state index contributed by atoms with van der Waals surface area (Å²) in [5.74, 6) is 0.563. The van der Waals surface area contributed by atoms with Crippen molar-refractivity contribution in [2.45, 2.75) is 43.4 Å². The number of hydrogen-bond donors (Lipinski definition) is 0. The number of rotatable bonds is 7. The van der Waals surface area contributed by atoms with Gasteiger partial charge in [0.25, 0.3) is 6.04 Å². The van der Waals surface area contributed by atoms with Crippen LogP contribution in [0.25, 0.3) is 0 Å². The molecule has 5 atom stereocenters. The molecule has 2 saturated heterocycles. The molecule has 0 aliphatic carbocycles. The molecule has 2 aliphatic rings. The third kappa shape index (κ3) is 4.53. The van der Waals surface area contributed by atoms with E-state index in [1.807, 2.05) is 84.9 Å². The molecule has 34 heavy (non-hydrogen) atoms. The second kappa shape index (κ2) is 9.90. The number of nitro groups is 1. The highest BCUT2D eigenvalue weighted by atomic mass is 17.0. The highest BCUT2D eigenvalue weighted by Crippen LogP contribution is 2.46. The molecule has 0 saturated carbocycles. The molecule has 2 aliphatic heterocycles. The van der Waals surface area contributed by atoms with E-state index < -0.39 is 24.5 Å². The Morgan fingerprint density at radius 3 is 2.21 bits per heavy atom. The summed E-state index contributed by atoms with van der Waals surface area (Å²) < 4.78 is 11.3. The van der Waals surface area contributed by atoms with E-state index in [0.717, 1.165) is 22.4 Å². The monoisotopic (exact) mass is 462 g/mol. The molecule has 8 heteroatoms. The van der Waals surface area contributed by atoms with Crippen LogP contribution in [0.5, 0.6) is 5.75 Å². The van der Waals surface area contributed by atoms with Gasteiger partial charge in [0.05, 0.1) is 13.7 Å². The highest BCUT2D eigenvalue weighted by molar-refractivity contribution is 5.27. The van der Waals surface area contributed by atoms with Gasteiger partial charge in [-0.3, -0.25) is 15.0 Å². The Morgan fingerprint density at radius 2 is 1.59 bits per heavy atom. The van der Waals surface area contributed by atoms with E-state index in [0.29, 0.717) is 13.0 Å². The molecule has 3 aromatic rings. The number of benzene rings is 3. The van der Waals surface area contributed by atoms with E-state index in [2.05, 4.69) is 0 Å². The Bertz CT molecular complexity index is 1100. The van der Waals surface area contributed by atoms with E-state index in [1.54, 1.807) is 7.11 Å². The van der Waals surface area contributed by atoms with Crippen molar-refractivity contribution in [2.24, 2.45) is 0 Å². The number of methoxy groups -OCH3 is 1. The molecule has 0 amide bonds. The van der Waals surface area contributed by atoms with Crippen molar-refractivity contribution in [3.05, 3.63) is 112 Å². The summed E-state index contributed by atoms with van der Waals surface area (Å²) in [6.07, 6.45) is -0.908. The van der Waals surface area contributed by atoms with Crippen LogP contribution in [0.1, 0.15) is 35.1 Å². The molecular weight excluding hydrogens is 436 g/mol. The molecule has 0 aromatic heterocycles. The average molecular weight is 463 g/mol. The van der Waals surface area contributed by atoms with Crippen LogP contribution >= 0.6 is 0 Å². The number of hydrogen-bond acceptors (Lipinski definition) is 7. The third-order valence-electron chi connectivity index (χ3n) is 6.40. The van der Waals surface area contributed by atoms with E-state index in [-0.39, 0.29) is 10.8 Å². The lowest BCUT2D eigenvalue weighted by molar-refractivity contribution is -0.533. The minimum absolute atomic E-state index is 0.208.